The van der Waals surface area contributed by atoms with E-state index in [0.29, 0.717) is 19.1 Å². The van der Waals surface area contributed by atoms with Gasteiger partial charge in [-0.3, -0.25) is 4.79 Å². The van der Waals surface area contributed by atoms with Crippen molar-refractivity contribution in [3.63, 3.8) is 0 Å². The van der Waals surface area contributed by atoms with E-state index < -0.39 is 5.41 Å². The summed E-state index contributed by atoms with van der Waals surface area (Å²) in [4.78, 5) is 13.9. The van der Waals surface area contributed by atoms with Crippen LogP contribution in [0.15, 0.2) is 5.16 Å². The third kappa shape index (κ3) is 3.35. The van der Waals surface area contributed by atoms with Gasteiger partial charge in [0.15, 0.2) is 5.84 Å². The number of nitrogens with two attached hydrogens (primary N) is 1. The van der Waals surface area contributed by atoms with Crippen LogP contribution in [0.2, 0.25) is 0 Å². The molecule has 0 aromatic carbocycles. The van der Waals surface area contributed by atoms with Gasteiger partial charge in [0.05, 0.1) is 6.61 Å². The molecule has 6 heteroatoms. The first-order valence-corrected chi connectivity index (χ1v) is 6.21. The number of rotatable bonds is 4. The lowest BCUT2D eigenvalue weighted by Gasteiger charge is -2.32. The lowest BCUT2D eigenvalue weighted by molar-refractivity contribution is -0.136. The van der Waals surface area contributed by atoms with E-state index in [2.05, 4.69) is 5.16 Å². The molecule has 1 aliphatic heterocycles. The Labute approximate surface area is 108 Å². The summed E-state index contributed by atoms with van der Waals surface area (Å²) >= 11 is 0. The summed E-state index contributed by atoms with van der Waals surface area (Å²) in [6, 6.07) is 0. The van der Waals surface area contributed by atoms with E-state index >= 15 is 0 Å². The summed E-state index contributed by atoms with van der Waals surface area (Å²) in [7, 11) is 1.74. The molecule has 1 fully saturated rings. The van der Waals surface area contributed by atoms with Crippen LogP contribution in [-0.4, -0.2) is 48.7 Å². The maximum absolute atomic E-state index is 12.3. The van der Waals surface area contributed by atoms with Gasteiger partial charge in [0.25, 0.3) is 0 Å². The molecular weight excluding hydrogens is 234 g/mol. The maximum atomic E-state index is 12.3. The van der Waals surface area contributed by atoms with Crippen molar-refractivity contribution >= 4 is 11.7 Å². The van der Waals surface area contributed by atoms with Crippen LogP contribution in [0.5, 0.6) is 0 Å². The fraction of sp³-hybridized carbons (Fsp3) is 0.833. The highest BCUT2D eigenvalue weighted by molar-refractivity contribution is 6.05. The van der Waals surface area contributed by atoms with Crippen LogP contribution in [-0.2, 0) is 9.53 Å². The monoisotopic (exact) mass is 257 g/mol. The van der Waals surface area contributed by atoms with E-state index in [1.165, 1.54) is 0 Å². The van der Waals surface area contributed by atoms with Crippen LogP contribution in [0.4, 0.5) is 0 Å². The molecule has 0 aliphatic carbocycles. The minimum Gasteiger partial charge on any atom is -0.409 e. The Bertz CT molecular complexity index is 323. The molecule has 1 saturated heterocycles. The summed E-state index contributed by atoms with van der Waals surface area (Å²) in [6.45, 7) is 5.45. The van der Waals surface area contributed by atoms with Gasteiger partial charge in [-0.15, -0.1) is 0 Å². The molecule has 1 amide bonds. The lowest BCUT2D eigenvalue weighted by Crippen LogP contribution is -2.48. The SMILES string of the molecule is CN(CC1CCCOC1)C(=O)C(C)(C)C(N)=NO. The molecule has 0 radical (unpaired) electrons. The van der Waals surface area contributed by atoms with Gasteiger partial charge in [0, 0.05) is 20.2 Å². The molecule has 1 rings (SSSR count). The molecule has 1 aliphatic rings. The summed E-state index contributed by atoms with van der Waals surface area (Å²) in [6.07, 6.45) is 2.11. The van der Waals surface area contributed by atoms with Gasteiger partial charge < -0.3 is 20.6 Å². The molecule has 18 heavy (non-hydrogen) atoms. The number of carbonyl (C=O) groups is 1. The number of ether oxygens (including phenoxy) is 1. The minimum absolute atomic E-state index is 0.0701. The molecule has 0 aromatic heterocycles. The number of hydrogen-bond acceptors (Lipinski definition) is 4. The third-order valence-electron chi connectivity index (χ3n) is 3.42. The Morgan fingerprint density at radius 3 is 2.78 bits per heavy atom. The Balaban J connectivity index is 2.60. The van der Waals surface area contributed by atoms with Gasteiger partial charge >= 0.3 is 0 Å². The number of carbonyl (C=O) groups excluding carboxylic acids is 1. The van der Waals surface area contributed by atoms with Crippen molar-refractivity contribution in [1.29, 1.82) is 0 Å². The predicted molar refractivity (Wildman–Crippen MR) is 68.4 cm³/mol. The molecule has 6 nitrogen and oxygen atoms in total. The zero-order valence-corrected chi connectivity index (χ0v) is 11.3. The van der Waals surface area contributed by atoms with Gasteiger partial charge in [-0.05, 0) is 32.6 Å². The second kappa shape index (κ2) is 6.04. The minimum atomic E-state index is -0.987. The summed E-state index contributed by atoms with van der Waals surface area (Å²) in [5.74, 6) is 0.151. The molecule has 1 unspecified atom stereocenters. The average molecular weight is 257 g/mol. The topological polar surface area (TPSA) is 88.2 Å². The average Bonchev–Trinajstić information content (AvgIpc) is 2.37. The molecule has 104 valence electrons. The molecular formula is C12H23N3O3. The third-order valence-corrected chi connectivity index (χ3v) is 3.42. The maximum Gasteiger partial charge on any atom is 0.235 e. The summed E-state index contributed by atoms with van der Waals surface area (Å²) in [5, 5.41) is 11.6. The van der Waals surface area contributed by atoms with Crippen molar-refractivity contribution in [3.05, 3.63) is 0 Å². The molecule has 3 N–H and O–H groups in total. The van der Waals surface area contributed by atoms with Crippen LogP contribution in [0.1, 0.15) is 26.7 Å². The van der Waals surface area contributed by atoms with Crippen LogP contribution in [0.3, 0.4) is 0 Å². The number of oxime groups is 1. The molecule has 0 spiro atoms. The van der Waals surface area contributed by atoms with E-state index in [-0.39, 0.29) is 11.7 Å². The number of hydrogen-bond donors (Lipinski definition) is 2. The van der Waals surface area contributed by atoms with Gasteiger partial charge in [-0.25, -0.2) is 0 Å². The lowest BCUT2D eigenvalue weighted by atomic mass is 9.89. The largest absolute Gasteiger partial charge is 0.409 e. The first kappa shape index (κ1) is 14.8. The molecule has 0 saturated carbocycles. The van der Waals surface area contributed by atoms with E-state index in [4.69, 9.17) is 15.7 Å². The molecule has 0 aromatic rings. The normalized spacial score (nSPS) is 21.7. The Morgan fingerprint density at radius 2 is 2.28 bits per heavy atom. The van der Waals surface area contributed by atoms with Crippen LogP contribution < -0.4 is 5.73 Å². The standard InChI is InChI=1S/C12H23N3O3/c1-12(2,10(13)14-17)11(16)15(3)7-9-5-4-6-18-8-9/h9,17H,4-8H2,1-3H3,(H2,13,14). The highest BCUT2D eigenvalue weighted by Gasteiger charge is 2.35. The van der Waals surface area contributed by atoms with Gasteiger partial charge in [0.1, 0.15) is 5.41 Å². The van der Waals surface area contributed by atoms with Gasteiger partial charge in [-0.2, -0.15) is 0 Å². The summed E-state index contributed by atoms with van der Waals surface area (Å²) in [5.41, 5.74) is 4.56. The predicted octanol–water partition coefficient (Wildman–Crippen LogP) is 0.644. The summed E-state index contributed by atoms with van der Waals surface area (Å²) < 4.78 is 5.39. The van der Waals surface area contributed by atoms with Gasteiger partial charge in [-0.1, -0.05) is 5.16 Å². The van der Waals surface area contributed by atoms with E-state index in [1.807, 2.05) is 0 Å². The smallest absolute Gasteiger partial charge is 0.235 e. The van der Waals surface area contributed by atoms with Crippen LogP contribution in [0.25, 0.3) is 0 Å². The quantitative estimate of drug-likeness (QED) is 0.335. The first-order chi connectivity index (χ1) is 8.39. The zero-order chi connectivity index (χ0) is 13.8. The second-order valence-corrected chi connectivity index (χ2v) is 5.38. The van der Waals surface area contributed by atoms with Crippen molar-refractivity contribution in [2.24, 2.45) is 22.2 Å². The van der Waals surface area contributed by atoms with Crippen LogP contribution in [0, 0.1) is 11.3 Å². The molecule has 1 atom stereocenters. The first-order valence-electron chi connectivity index (χ1n) is 6.21. The Morgan fingerprint density at radius 1 is 1.61 bits per heavy atom. The van der Waals surface area contributed by atoms with E-state index in [9.17, 15) is 4.79 Å². The van der Waals surface area contributed by atoms with Crippen molar-refractivity contribution < 1.29 is 14.7 Å². The second-order valence-electron chi connectivity index (χ2n) is 5.38. The van der Waals surface area contributed by atoms with Crippen molar-refractivity contribution in [1.82, 2.24) is 4.90 Å². The fourth-order valence-corrected chi connectivity index (χ4v) is 2.13. The molecule has 0 bridgehead atoms. The van der Waals surface area contributed by atoms with Crippen molar-refractivity contribution in [3.8, 4) is 0 Å². The van der Waals surface area contributed by atoms with E-state index in [1.54, 1.807) is 25.8 Å². The highest BCUT2D eigenvalue weighted by atomic mass is 16.5. The van der Waals surface area contributed by atoms with Crippen molar-refractivity contribution in [2.75, 3.05) is 26.8 Å². The highest BCUT2D eigenvalue weighted by Crippen LogP contribution is 2.21. The Hall–Kier alpha value is -1.30. The fourth-order valence-electron chi connectivity index (χ4n) is 2.13. The number of nitrogens with zero attached hydrogens (tertiary/aromatic N) is 2. The Kier molecular flexibility index (Phi) is 4.95. The number of amides is 1. The van der Waals surface area contributed by atoms with Crippen molar-refractivity contribution in [2.45, 2.75) is 26.7 Å². The number of amidine groups is 1. The van der Waals surface area contributed by atoms with E-state index in [0.717, 1.165) is 19.4 Å². The van der Waals surface area contributed by atoms with Gasteiger partial charge in [0.2, 0.25) is 5.91 Å². The van der Waals surface area contributed by atoms with Crippen LogP contribution >= 0.6 is 0 Å². The molecule has 1 heterocycles. The zero-order valence-electron chi connectivity index (χ0n) is 11.3.